The van der Waals surface area contributed by atoms with Crippen molar-refractivity contribution >= 4 is 11.3 Å². The summed E-state index contributed by atoms with van der Waals surface area (Å²) in [4.78, 5) is 8.66. The molecule has 4 heteroatoms. The zero-order valence-corrected chi connectivity index (χ0v) is 14.2. The number of thiazole rings is 1. The molecule has 2 heterocycles. The molecule has 0 aliphatic carbocycles. The van der Waals surface area contributed by atoms with Crippen molar-refractivity contribution in [1.29, 1.82) is 0 Å². The van der Waals surface area contributed by atoms with Crippen LogP contribution < -0.4 is 5.32 Å². The fourth-order valence-corrected chi connectivity index (χ4v) is 3.93. The van der Waals surface area contributed by atoms with Crippen LogP contribution in [-0.4, -0.2) is 35.1 Å². The van der Waals surface area contributed by atoms with E-state index in [0.717, 1.165) is 26.1 Å². The lowest BCUT2D eigenvalue weighted by Gasteiger charge is -2.42. The van der Waals surface area contributed by atoms with E-state index >= 15 is 0 Å². The summed E-state index contributed by atoms with van der Waals surface area (Å²) in [5, 5.41) is 5.01. The number of hydrogen-bond acceptors (Lipinski definition) is 4. The first kappa shape index (κ1) is 15.9. The second-order valence-corrected chi connectivity index (χ2v) is 7.41. The van der Waals surface area contributed by atoms with Crippen LogP contribution in [0.15, 0.2) is 6.20 Å². The third-order valence-corrected chi connectivity index (χ3v) is 5.36. The van der Waals surface area contributed by atoms with Crippen molar-refractivity contribution in [2.45, 2.75) is 65.6 Å². The van der Waals surface area contributed by atoms with Crippen molar-refractivity contribution in [2.75, 3.05) is 13.1 Å². The van der Waals surface area contributed by atoms with Gasteiger partial charge in [0.2, 0.25) is 0 Å². The molecule has 2 unspecified atom stereocenters. The van der Waals surface area contributed by atoms with Crippen molar-refractivity contribution in [3.05, 3.63) is 16.1 Å². The van der Waals surface area contributed by atoms with Gasteiger partial charge in [0.05, 0.1) is 6.54 Å². The minimum Gasteiger partial charge on any atom is -0.311 e. The number of aromatic nitrogens is 1. The number of aryl methyl sites for hydroxylation is 1. The molecule has 1 aliphatic rings. The normalized spacial score (nSPS) is 24.4. The molecule has 0 saturated carbocycles. The maximum absolute atomic E-state index is 4.60. The standard InChI is InChI=1S/C16H29N3S/c1-5-7-13-10-19(15(9-17-13)12(3)4)11-16-18-8-14(6-2)20-16/h8,12-13,15,17H,5-7,9-11H2,1-4H3. The van der Waals surface area contributed by atoms with E-state index in [1.165, 1.54) is 22.7 Å². The van der Waals surface area contributed by atoms with Crippen LogP contribution in [0.2, 0.25) is 0 Å². The maximum Gasteiger partial charge on any atom is 0.107 e. The van der Waals surface area contributed by atoms with E-state index in [1.807, 2.05) is 11.3 Å². The summed E-state index contributed by atoms with van der Waals surface area (Å²) in [5.74, 6) is 0.690. The molecule has 1 aromatic heterocycles. The molecule has 1 N–H and O–H groups in total. The summed E-state index contributed by atoms with van der Waals surface area (Å²) < 4.78 is 0. The molecule has 1 aliphatic heterocycles. The molecule has 0 spiro atoms. The summed E-state index contributed by atoms with van der Waals surface area (Å²) in [6, 6.07) is 1.29. The fraction of sp³-hybridized carbons (Fsp3) is 0.812. The topological polar surface area (TPSA) is 28.2 Å². The van der Waals surface area contributed by atoms with Gasteiger partial charge in [0.25, 0.3) is 0 Å². The predicted molar refractivity (Wildman–Crippen MR) is 87.2 cm³/mol. The number of piperazine rings is 1. The van der Waals surface area contributed by atoms with E-state index in [4.69, 9.17) is 0 Å². The highest BCUT2D eigenvalue weighted by Crippen LogP contribution is 2.22. The summed E-state index contributed by atoms with van der Waals surface area (Å²) in [5.41, 5.74) is 0. The van der Waals surface area contributed by atoms with Crippen LogP contribution in [0.5, 0.6) is 0 Å². The van der Waals surface area contributed by atoms with Gasteiger partial charge in [0.15, 0.2) is 0 Å². The van der Waals surface area contributed by atoms with Crippen LogP contribution in [0.25, 0.3) is 0 Å². The van der Waals surface area contributed by atoms with Crippen molar-refractivity contribution < 1.29 is 0 Å². The van der Waals surface area contributed by atoms with E-state index in [2.05, 4.69) is 49.1 Å². The van der Waals surface area contributed by atoms with Crippen LogP contribution in [0.4, 0.5) is 0 Å². The van der Waals surface area contributed by atoms with Crippen molar-refractivity contribution in [1.82, 2.24) is 15.2 Å². The average Bonchev–Trinajstić information content (AvgIpc) is 2.87. The van der Waals surface area contributed by atoms with Crippen LogP contribution in [0.1, 0.15) is 50.4 Å². The molecule has 20 heavy (non-hydrogen) atoms. The van der Waals surface area contributed by atoms with E-state index in [0.29, 0.717) is 18.0 Å². The Bertz CT molecular complexity index is 402. The number of hydrogen-bond donors (Lipinski definition) is 1. The van der Waals surface area contributed by atoms with Crippen LogP contribution >= 0.6 is 11.3 Å². The highest BCUT2D eigenvalue weighted by Gasteiger charge is 2.29. The van der Waals surface area contributed by atoms with Gasteiger partial charge in [-0.1, -0.05) is 34.1 Å². The molecule has 0 aromatic carbocycles. The van der Waals surface area contributed by atoms with Gasteiger partial charge in [-0.2, -0.15) is 0 Å². The van der Waals surface area contributed by atoms with Crippen LogP contribution in [0.3, 0.4) is 0 Å². The van der Waals surface area contributed by atoms with E-state index < -0.39 is 0 Å². The first-order valence-corrected chi connectivity index (χ1v) is 8.86. The molecule has 3 nitrogen and oxygen atoms in total. The lowest BCUT2D eigenvalue weighted by Crippen LogP contribution is -2.57. The van der Waals surface area contributed by atoms with Gasteiger partial charge in [0.1, 0.15) is 5.01 Å². The fourth-order valence-electron chi connectivity index (χ4n) is 3.04. The third kappa shape index (κ3) is 4.03. The summed E-state index contributed by atoms with van der Waals surface area (Å²) in [6.45, 7) is 12.4. The monoisotopic (exact) mass is 295 g/mol. The predicted octanol–water partition coefficient (Wildman–Crippen LogP) is 3.30. The highest BCUT2D eigenvalue weighted by molar-refractivity contribution is 7.11. The van der Waals surface area contributed by atoms with Crippen molar-refractivity contribution in [2.24, 2.45) is 5.92 Å². The van der Waals surface area contributed by atoms with E-state index in [-0.39, 0.29) is 0 Å². The van der Waals surface area contributed by atoms with Gasteiger partial charge < -0.3 is 5.32 Å². The van der Waals surface area contributed by atoms with Gasteiger partial charge in [0, 0.05) is 36.2 Å². The Morgan fingerprint density at radius 2 is 2.25 bits per heavy atom. The smallest absolute Gasteiger partial charge is 0.107 e. The Labute approximate surface area is 127 Å². The van der Waals surface area contributed by atoms with Crippen molar-refractivity contribution in [3.63, 3.8) is 0 Å². The summed E-state index contributed by atoms with van der Waals surface area (Å²) in [7, 11) is 0. The Balaban J connectivity index is 2.02. The zero-order chi connectivity index (χ0) is 14.5. The SMILES string of the molecule is CCCC1CN(Cc2ncc(CC)s2)C(C(C)C)CN1. The highest BCUT2D eigenvalue weighted by atomic mass is 32.1. The number of nitrogens with one attached hydrogen (secondary N) is 1. The van der Waals surface area contributed by atoms with E-state index in [9.17, 15) is 0 Å². The molecule has 2 atom stereocenters. The Morgan fingerprint density at radius 1 is 1.45 bits per heavy atom. The largest absolute Gasteiger partial charge is 0.311 e. The molecule has 0 radical (unpaired) electrons. The maximum atomic E-state index is 4.60. The molecule has 0 amide bonds. The van der Waals surface area contributed by atoms with Crippen LogP contribution in [-0.2, 0) is 13.0 Å². The van der Waals surface area contributed by atoms with Crippen molar-refractivity contribution in [3.8, 4) is 0 Å². The zero-order valence-electron chi connectivity index (χ0n) is 13.4. The first-order chi connectivity index (χ1) is 9.63. The average molecular weight is 295 g/mol. The van der Waals surface area contributed by atoms with Crippen LogP contribution in [0, 0.1) is 5.92 Å². The Morgan fingerprint density at radius 3 is 2.85 bits per heavy atom. The molecule has 2 rings (SSSR count). The van der Waals surface area contributed by atoms with Gasteiger partial charge >= 0.3 is 0 Å². The van der Waals surface area contributed by atoms with E-state index in [1.54, 1.807) is 0 Å². The molecule has 1 saturated heterocycles. The van der Waals surface area contributed by atoms with Gasteiger partial charge in [-0.15, -0.1) is 11.3 Å². The van der Waals surface area contributed by atoms with Gasteiger partial charge in [-0.25, -0.2) is 4.98 Å². The van der Waals surface area contributed by atoms with Gasteiger partial charge in [-0.05, 0) is 18.8 Å². The quantitative estimate of drug-likeness (QED) is 0.873. The molecule has 1 aromatic rings. The minimum absolute atomic E-state index is 0.636. The molecular weight excluding hydrogens is 266 g/mol. The number of nitrogens with zero attached hydrogens (tertiary/aromatic N) is 2. The number of rotatable bonds is 6. The summed E-state index contributed by atoms with van der Waals surface area (Å²) in [6.07, 6.45) is 5.69. The molecule has 114 valence electrons. The first-order valence-electron chi connectivity index (χ1n) is 8.05. The Kier molecular flexibility index (Phi) is 6.00. The second-order valence-electron chi connectivity index (χ2n) is 6.21. The van der Waals surface area contributed by atoms with Gasteiger partial charge in [-0.3, -0.25) is 4.90 Å². The lowest BCUT2D eigenvalue weighted by atomic mass is 9.97. The lowest BCUT2D eigenvalue weighted by molar-refractivity contribution is 0.0884. The Hall–Kier alpha value is -0.450. The minimum atomic E-state index is 0.636. The summed E-state index contributed by atoms with van der Waals surface area (Å²) >= 11 is 1.88. The third-order valence-electron chi connectivity index (χ3n) is 4.23. The second kappa shape index (κ2) is 7.53. The molecular formula is C16H29N3S. The molecule has 1 fully saturated rings. The molecule has 0 bridgehead atoms.